The Kier molecular flexibility index (Phi) is 6.26. The Bertz CT molecular complexity index is 681. The van der Waals surface area contributed by atoms with Gasteiger partial charge in [-0.15, -0.1) is 0 Å². The number of rotatable bonds is 5. The second-order valence-corrected chi connectivity index (χ2v) is 8.81. The monoisotopic (exact) mass is 401 g/mol. The van der Waals surface area contributed by atoms with Crippen molar-refractivity contribution in [1.82, 2.24) is 4.90 Å². The lowest BCUT2D eigenvalue weighted by Gasteiger charge is -2.29. The van der Waals surface area contributed by atoms with Gasteiger partial charge in [-0.25, -0.2) is 0 Å². The van der Waals surface area contributed by atoms with E-state index in [0.717, 1.165) is 5.56 Å². The van der Waals surface area contributed by atoms with Gasteiger partial charge in [-0.3, -0.25) is 14.5 Å². The number of esters is 1. The van der Waals surface area contributed by atoms with Gasteiger partial charge in [-0.2, -0.15) is 0 Å². The van der Waals surface area contributed by atoms with Crippen molar-refractivity contribution in [2.45, 2.75) is 46.3 Å². The Morgan fingerprint density at radius 2 is 1.88 bits per heavy atom. The predicted octanol–water partition coefficient (Wildman–Crippen LogP) is 4.25. The molecule has 2 unspecified atom stereocenters. The number of likely N-dealkylation sites (tertiary alicyclic amines) is 1. The second-order valence-electron chi connectivity index (χ2n) is 8.00. The Morgan fingerprint density at radius 3 is 2.38 bits per heavy atom. The highest BCUT2D eigenvalue weighted by Gasteiger charge is 2.52. The fraction of sp³-hybridized carbons (Fsp3) is 0.579. The summed E-state index contributed by atoms with van der Waals surface area (Å²) in [6.45, 7) is 8.37. The number of halogens is 2. The van der Waals surface area contributed by atoms with E-state index in [-0.39, 0.29) is 18.9 Å². The molecule has 0 aromatic heterocycles. The van der Waals surface area contributed by atoms with Crippen molar-refractivity contribution in [2.24, 2.45) is 11.3 Å². The van der Waals surface area contributed by atoms with E-state index < -0.39 is 23.0 Å². The minimum atomic E-state index is -1.18. The Balaban J connectivity index is 2.19. The van der Waals surface area contributed by atoms with Gasteiger partial charge in [0.2, 0.25) is 0 Å². The average Bonchev–Trinajstić information content (AvgIpc) is 2.78. The van der Waals surface area contributed by atoms with Gasteiger partial charge >= 0.3 is 11.9 Å². The summed E-state index contributed by atoms with van der Waals surface area (Å²) in [5.41, 5.74) is -1.07. The van der Waals surface area contributed by atoms with Crippen LogP contribution in [0.15, 0.2) is 18.2 Å². The van der Waals surface area contributed by atoms with Crippen LogP contribution in [-0.4, -0.2) is 40.6 Å². The molecule has 7 heteroatoms. The number of aliphatic carboxylic acids is 1. The average molecular weight is 402 g/mol. The zero-order valence-electron chi connectivity index (χ0n) is 15.5. The lowest BCUT2D eigenvalue weighted by Crippen LogP contribution is -2.41. The Hall–Kier alpha value is -1.30. The van der Waals surface area contributed by atoms with Crippen LogP contribution in [0.5, 0.6) is 0 Å². The molecule has 0 amide bonds. The van der Waals surface area contributed by atoms with Crippen molar-refractivity contribution in [3.05, 3.63) is 33.8 Å². The minimum Gasteiger partial charge on any atom is -0.481 e. The van der Waals surface area contributed by atoms with Crippen LogP contribution in [-0.2, 0) is 20.9 Å². The molecule has 1 aliphatic rings. The number of hydrogen-bond donors (Lipinski definition) is 1. The molecule has 1 N–H and O–H groups in total. The molecule has 2 atom stereocenters. The molecule has 0 bridgehead atoms. The first-order chi connectivity index (χ1) is 11.9. The smallest absolute Gasteiger partial charge is 0.311 e. The maximum atomic E-state index is 12.3. The van der Waals surface area contributed by atoms with Gasteiger partial charge in [0.1, 0.15) is 5.60 Å². The molecule has 1 fully saturated rings. The van der Waals surface area contributed by atoms with Crippen molar-refractivity contribution in [1.29, 1.82) is 0 Å². The number of carbonyl (C=O) groups is 2. The highest BCUT2D eigenvalue weighted by atomic mass is 35.5. The number of carbonyl (C=O) groups excluding carboxylic acids is 1. The third-order valence-electron chi connectivity index (χ3n) is 4.73. The zero-order valence-corrected chi connectivity index (χ0v) is 17.0. The molecule has 2 rings (SSSR count). The first-order valence-corrected chi connectivity index (χ1v) is 9.31. The number of ether oxygens (including phenoxy) is 1. The normalized spacial score (nSPS) is 23.8. The van der Waals surface area contributed by atoms with Crippen LogP contribution in [0.3, 0.4) is 0 Å². The number of nitrogens with zero attached hydrogens (tertiary/aromatic N) is 1. The summed E-state index contributed by atoms with van der Waals surface area (Å²) < 4.78 is 5.35. The maximum Gasteiger partial charge on any atom is 0.311 e. The second kappa shape index (κ2) is 7.75. The summed E-state index contributed by atoms with van der Waals surface area (Å²) in [7, 11) is 0. The summed E-state index contributed by atoms with van der Waals surface area (Å²) in [6.07, 6.45) is -0.159. The third kappa shape index (κ3) is 4.70. The van der Waals surface area contributed by atoms with E-state index in [1.165, 1.54) is 0 Å². The standard InChI is InChI=1S/C19H25Cl2NO4/c1-12-9-22(10-13-14(20)6-5-7-15(13)21)11-19(12,17(24)25)8-16(23)26-18(2,3)4/h5-7,12H,8-11H2,1-4H3,(H,24,25). The Labute approximate surface area is 164 Å². The van der Waals surface area contributed by atoms with Crippen molar-refractivity contribution in [2.75, 3.05) is 13.1 Å². The van der Waals surface area contributed by atoms with Crippen LogP contribution < -0.4 is 0 Å². The van der Waals surface area contributed by atoms with E-state index in [4.69, 9.17) is 27.9 Å². The fourth-order valence-electron chi connectivity index (χ4n) is 3.43. The predicted molar refractivity (Wildman–Crippen MR) is 101 cm³/mol. The quantitative estimate of drug-likeness (QED) is 0.746. The summed E-state index contributed by atoms with van der Waals surface area (Å²) in [5, 5.41) is 11.0. The maximum absolute atomic E-state index is 12.3. The molecule has 0 aliphatic carbocycles. The lowest BCUT2D eigenvalue weighted by atomic mass is 9.76. The molecule has 1 aromatic carbocycles. The van der Waals surface area contributed by atoms with Crippen LogP contribution in [0.4, 0.5) is 0 Å². The number of carboxylic acids is 1. The van der Waals surface area contributed by atoms with Gasteiger partial charge in [0.25, 0.3) is 0 Å². The molecular weight excluding hydrogens is 377 g/mol. The van der Waals surface area contributed by atoms with Gasteiger partial charge in [0.15, 0.2) is 0 Å². The number of hydrogen-bond acceptors (Lipinski definition) is 4. The highest BCUT2D eigenvalue weighted by Crippen LogP contribution is 2.41. The van der Waals surface area contributed by atoms with E-state index in [0.29, 0.717) is 23.1 Å². The summed E-state index contributed by atoms with van der Waals surface area (Å²) in [4.78, 5) is 26.4. The van der Waals surface area contributed by atoms with Gasteiger partial charge < -0.3 is 9.84 Å². The fourth-order valence-corrected chi connectivity index (χ4v) is 3.95. The Morgan fingerprint density at radius 1 is 1.31 bits per heavy atom. The zero-order chi connectivity index (χ0) is 19.7. The van der Waals surface area contributed by atoms with Gasteiger partial charge in [0.05, 0.1) is 11.8 Å². The molecule has 0 saturated carbocycles. The van der Waals surface area contributed by atoms with Crippen LogP contribution >= 0.6 is 23.2 Å². The number of benzene rings is 1. The summed E-state index contributed by atoms with van der Waals surface area (Å²) >= 11 is 12.5. The van der Waals surface area contributed by atoms with Gasteiger partial charge in [0, 0.05) is 35.2 Å². The van der Waals surface area contributed by atoms with Crippen molar-refractivity contribution >= 4 is 35.1 Å². The van der Waals surface area contributed by atoms with E-state index in [2.05, 4.69) is 0 Å². The molecule has 5 nitrogen and oxygen atoms in total. The van der Waals surface area contributed by atoms with Crippen molar-refractivity contribution < 1.29 is 19.4 Å². The highest BCUT2D eigenvalue weighted by molar-refractivity contribution is 6.35. The number of carboxylic acid groups (broad SMARTS) is 1. The van der Waals surface area contributed by atoms with E-state index in [9.17, 15) is 14.7 Å². The molecule has 144 valence electrons. The van der Waals surface area contributed by atoms with Crippen molar-refractivity contribution in [3.63, 3.8) is 0 Å². The third-order valence-corrected chi connectivity index (χ3v) is 5.44. The van der Waals surface area contributed by atoms with E-state index in [1.807, 2.05) is 11.8 Å². The van der Waals surface area contributed by atoms with Crippen molar-refractivity contribution in [3.8, 4) is 0 Å². The largest absolute Gasteiger partial charge is 0.481 e. The SMILES string of the molecule is CC1CN(Cc2c(Cl)cccc2Cl)CC1(CC(=O)OC(C)(C)C)C(=O)O. The van der Waals surface area contributed by atoms with Crippen LogP contribution in [0.25, 0.3) is 0 Å². The molecule has 0 radical (unpaired) electrons. The summed E-state index contributed by atoms with van der Waals surface area (Å²) in [6, 6.07) is 5.28. The molecule has 1 heterocycles. The van der Waals surface area contributed by atoms with Gasteiger partial charge in [-0.05, 0) is 38.8 Å². The lowest BCUT2D eigenvalue weighted by molar-refractivity contribution is -0.166. The first-order valence-electron chi connectivity index (χ1n) is 8.55. The summed E-state index contributed by atoms with van der Waals surface area (Å²) in [5.74, 6) is -1.69. The molecule has 1 aliphatic heterocycles. The van der Waals surface area contributed by atoms with E-state index >= 15 is 0 Å². The van der Waals surface area contributed by atoms with Crippen LogP contribution in [0.2, 0.25) is 10.0 Å². The molecule has 1 saturated heterocycles. The van der Waals surface area contributed by atoms with Gasteiger partial charge in [-0.1, -0.05) is 36.2 Å². The van der Waals surface area contributed by atoms with E-state index in [1.54, 1.807) is 39.0 Å². The topological polar surface area (TPSA) is 66.8 Å². The van der Waals surface area contributed by atoms with Crippen LogP contribution in [0.1, 0.15) is 39.7 Å². The molecule has 26 heavy (non-hydrogen) atoms. The molecule has 0 spiro atoms. The molecular formula is C19H25Cl2NO4. The van der Waals surface area contributed by atoms with Crippen LogP contribution in [0, 0.1) is 11.3 Å². The first kappa shape index (κ1) is 21.0. The molecule has 1 aromatic rings. The minimum absolute atomic E-state index is 0.159.